The van der Waals surface area contributed by atoms with Crippen LogP contribution in [0.1, 0.15) is 49.4 Å². The number of benzene rings is 1. The Bertz CT molecular complexity index is 1280. The van der Waals surface area contributed by atoms with E-state index in [2.05, 4.69) is 38.1 Å². The van der Waals surface area contributed by atoms with E-state index >= 15 is 0 Å². The van der Waals surface area contributed by atoms with Crippen LogP contribution >= 0.6 is 11.3 Å². The van der Waals surface area contributed by atoms with E-state index in [0.29, 0.717) is 0 Å². The third-order valence-corrected chi connectivity index (χ3v) is 7.06. The van der Waals surface area contributed by atoms with Crippen molar-refractivity contribution in [3.8, 4) is 0 Å². The van der Waals surface area contributed by atoms with E-state index in [4.69, 9.17) is 9.82 Å². The van der Waals surface area contributed by atoms with E-state index in [1.54, 1.807) is 18.4 Å². The molecule has 2 atom stereocenters. The first kappa shape index (κ1) is 20.9. The van der Waals surface area contributed by atoms with Gasteiger partial charge < -0.3 is 19.7 Å². The van der Waals surface area contributed by atoms with Gasteiger partial charge in [-0.1, -0.05) is 35.4 Å². The van der Waals surface area contributed by atoms with Crippen LogP contribution in [0.3, 0.4) is 0 Å². The predicted molar refractivity (Wildman–Crippen MR) is 129 cm³/mol. The molecule has 0 amide bonds. The van der Waals surface area contributed by atoms with Crippen molar-refractivity contribution in [2.45, 2.75) is 51.2 Å². The standard InChI is InChI=1S/C24H27N5O2S/c1-15(28-31-2)17-9-10-29-18(14-25-23(29)13-17)11-16-7-8-20-22(12-16)32-24(27-20)26-19-5-3-4-6-21(19)30/h7-10,12-14,19,21,30H,3-6,11H2,1-2H3,(H,26,27)/b28-15+/t19-,21-/m1/s1. The van der Waals surface area contributed by atoms with Crippen LogP contribution in [0.15, 0.2) is 47.9 Å². The van der Waals surface area contributed by atoms with Crippen molar-refractivity contribution in [2.75, 3.05) is 12.4 Å². The fourth-order valence-electron chi connectivity index (χ4n) is 4.37. The minimum absolute atomic E-state index is 0.101. The maximum Gasteiger partial charge on any atom is 0.184 e. The average molecular weight is 450 g/mol. The lowest BCUT2D eigenvalue weighted by molar-refractivity contribution is 0.116. The second-order valence-corrected chi connectivity index (χ2v) is 9.38. The summed E-state index contributed by atoms with van der Waals surface area (Å²) >= 11 is 1.65. The summed E-state index contributed by atoms with van der Waals surface area (Å²) in [7, 11) is 1.55. The Kier molecular flexibility index (Phi) is 5.80. The van der Waals surface area contributed by atoms with Crippen LogP contribution in [0.2, 0.25) is 0 Å². The molecule has 4 aromatic rings. The number of pyridine rings is 1. The van der Waals surface area contributed by atoms with Crippen LogP contribution in [0.4, 0.5) is 5.13 Å². The normalized spacial score (nSPS) is 19.5. The zero-order valence-corrected chi connectivity index (χ0v) is 19.1. The van der Waals surface area contributed by atoms with Crippen LogP contribution in [0.25, 0.3) is 15.9 Å². The summed E-state index contributed by atoms with van der Waals surface area (Å²) in [6.45, 7) is 1.92. The van der Waals surface area contributed by atoms with Gasteiger partial charge in [0, 0.05) is 30.1 Å². The Balaban J connectivity index is 1.36. The molecule has 1 aromatic carbocycles. The van der Waals surface area contributed by atoms with E-state index in [-0.39, 0.29) is 12.1 Å². The molecule has 0 aliphatic heterocycles. The molecule has 166 valence electrons. The summed E-state index contributed by atoms with van der Waals surface area (Å²) < 4.78 is 3.26. The molecule has 5 rings (SSSR count). The van der Waals surface area contributed by atoms with Crippen molar-refractivity contribution in [3.63, 3.8) is 0 Å². The van der Waals surface area contributed by atoms with E-state index < -0.39 is 0 Å². The molecular weight excluding hydrogens is 422 g/mol. The van der Waals surface area contributed by atoms with Gasteiger partial charge in [-0.2, -0.15) is 0 Å². The van der Waals surface area contributed by atoms with Crippen LogP contribution < -0.4 is 5.32 Å². The molecule has 0 spiro atoms. The number of aromatic nitrogens is 3. The lowest BCUT2D eigenvalue weighted by Gasteiger charge is -2.27. The number of nitrogens with zero attached hydrogens (tertiary/aromatic N) is 4. The first-order valence-electron chi connectivity index (χ1n) is 11.0. The molecule has 7 nitrogen and oxygen atoms in total. The predicted octanol–water partition coefficient (Wildman–Crippen LogP) is 4.62. The fraction of sp³-hybridized carbons (Fsp3) is 0.375. The minimum atomic E-state index is -0.286. The topological polar surface area (TPSA) is 84.0 Å². The number of rotatable bonds is 6. The smallest absolute Gasteiger partial charge is 0.184 e. The van der Waals surface area contributed by atoms with E-state index in [1.165, 1.54) is 5.56 Å². The molecule has 0 saturated heterocycles. The number of oxime groups is 1. The Labute approximate surface area is 190 Å². The Hall–Kier alpha value is -2.97. The summed E-state index contributed by atoms with van der Waals surface area (Å²) in [5, 5.41) is 18.6. The van der Waals surface area contributed by atoms with Gasteiger partial charge >= 0.3 is 0 Å². The Morgan fingerprint density at radius 3 is 3.00 bits per heavy atom. The van der Waals surface area contributed by atoms with Crippen LogP contribution in [0.5, 0.6) is 0 Å². The van der Waals surface area contributed by atoms with Crippen molar-refractivity contribution in [3.05, 3.63) is 59.5 Å². The van der Waals surface area contributed by atoms with E-state index in [0.717, 1.165) is 70.1 Å². The Morgan fingerprint density at radius 1 is 1.28 bits per heavy atom. The molecule has 0 radical (unpaired) electrons. The summed E-state index contributed by atoms with van der Waals surface area (Å²) in [4.78, 5) is 14.2. The molecule has 3 aromatic heterocycles. The van der Waals surface area contributed by atoms with Gasteiger partial charge in [0.2, 0.25) is 0 Å². The molecule has 32 heavy (non-hydrogen) atoms. The third kappa shape index (κ3) is 4.20. The fourth-order valence-corrected chi connectivity index (χ4v) is 5.36. The monoisotopic (exact) mass is 449 g/mol. The zero-order valence-electron chi connectivity index (χ0n) is 18.3. The maximum atomic E-state index is 10.2. The molecular formula is C24H27N5O2S. The molecule has 1 aliphatic carbocycles. The van der Waals surface area contributed by atoms with Gasteiger partial charge in [0.15, 0.2) is 5.13 Å². The number of nitrogens with one attached hydrogen (secondary N) is 1. The van der Waals surface area contributed by atoms with Gasteiger partial charge in [-0.15, -0.1) is 0 Å². The van der Waals surface area contributed by atoms with Gasteiger partial charge in [-0.3, -0.25) is 0 Å². The first-order valence-corrected chi connectivity index (χ1v) is 11.8. The molecule has 0 unspecified atom stereocenters. The van der Waals surface area contributed by atoms with E-state index in [9.17, 15) is 5.11 Å². The third-order valence-electron chi connectivity index (χ3n) is 6.11. The van der Waals surface area contributed by atoms with E-state index in [1.807, 2.05) is 31.5 Å². The maximum absolute atomic E-state index is 10.2. The highest BCUT2D eigenvalue weighted by Gasteiger charge is 2.23. The van der Waals surface area contributed by atoms with Gasteiger partial charge in [0.05, 0.1) is 28.1 Å². The zero-order chi connectivity index (χ0) is 22.1. The molecule has 3 heterocycles. The first-order chi connectivity index (χ1) is 15.6. The summed E-state index contributed by atoms with van der Waals surface area (Å²) in [5.74, 6) is 0. The lowest BCUT2D eigenvalue weighted by atomic mass is 9.93. The summed E-state index contributed by atoms with van der Waals surface area (Å²) in [5.41, 5.74) is 6.03. The number of anilines is 1. The van der Waals surface area contributed by atoms with Gasteiger partial charge in [-0.05, 0) is 49.6 Å². The second-order valence-electron chi connectivity index (χ2n) is 8.35. The Morgan fingerprint density at radius 2 is 2.16 bits per heavy atom. The highest BCUT2D eigenvalue weighted by molar-refractivity contribution is 7.22. The molecule has 1 fully saturated rings. The van der Waals surface area contributed by atoms with Crippen molar-refractivity contribution < 1.29 is 9.94 Å². The quantitative estimate of drug-likeness (QED) is 0.331. The number of fused-ring (bicyclic) bond motifs is 2. The van der Waals surface area contributed by atoms with Crippen LogP contribution in [0, 0.1) is 0 Å². The van der Waals surface area contributed by atoms with Crippen molar-refractivity contribution in [1.29, 1.82) is 0 Å². The van der Waals surface area contributed by atoms with Crippen LogP contribution in [-0.4, -0.2) is 44.4 Å². The summed E-state index contributed by atoms with van der Waals surface area (Å²) in [6.07, 6.45) is 8.58. The lowest BCUT2D eigenvalue weighted by Crippen LogP contribution is -2.36. The SMILES string of the molecule is CO/N=C(\C)c1ccn2c(Cc3ccc4nc(N[C@@H]5CCCC[C@H]5O)sc4c3)cnc2c1. The van der Waals surface area contributed by atoms with Crippen molar-refractivity contribution in [2.24, 2.45) is 5.16 Å². The van der Waals surface area contributed by atoms with Gasteiger partial charge in [0.1, 0.15) is 12.8 Å². The highest BCUT2D eigenvalue weighted by Crippen LogP contribution is 2.30. The number of hydrogen-bond acceptors (Lipinski definition) is 7. The van der Waals surface area contributed by atoms with Crippen LogP contribution in [-0.2, 0) is 11.3 Å². The van der Waals surface area contributed by atoms with Crippen molar-refractivity contribution in [1.82, 2.24) is 14.4 Å². The number of aliphatic hydroxyl groups is 1. The second kappa shape index (κ2) is 8.88. The highest BCUT2D eigenvalue weighted by atomic mass is 32.1. The molecule has 1 aliphatic rings. The largest absolute Gasteiger partial charge is 0.399 e. The minimum Gasteiger partial charge on any atom is -0.399 e. The molecule has 1 saturated carbocycles. The average Bonchev–Trinajstić information content (AvgIpc) is 3.38. The number of thiazole rings is 1. The van der Waals surface area contributed by atoms with Crippen molar-refractivity contribution >= 4 is 38.0 Å². The van der Waals surface area contributed by atoms with Gasteiger partial charge in [0.25, 0.3) is 0 Å². The van der Waals surface area contributed by atoms with Gasteiger partial charge in [-0.25, -0.2) is 9.97 Å². The number of hydrogen-bond donors (Lipinski definition) is 2. The molecule has 2 N–H and O–H groups in total. The summed E-state index contributed by atoms with van der Waals surface area (Å²) in [6, 6.07) is 10.6. The number of aliphatic hydroxyl groups excluding tert-OH is 1. The molecule has 0 bridgehead atoms. The molecule has 8 heteroatoms. The number of imidazole rings is 1.